The van der Waals surface area contributed by atoms with Crippen molar-refractivity contribution in [3.05, 3.63) is 72.8 Å². The molecule has 0 aliphatic heterocycles. The van der Waals surface area contributed by atoms with E-state index in [0.29, 0.717) is 46.0 Å². The van der Waals surface area contributed by atoms with Crippen LogP contribution < -0.4 is 0 Å². The molecule has 0 amide bonds. The van der Waals surface area contributed by atoms with E-state index in [4.69, 9.17) is 4.98 Å². The zero-order chi connectivity index (χ0) is 23.9. The zero-order valence-electron chi connectivity index (χ0n) is 19.0. The molecule has 0 aliphatic rings. The first-order valence-electron chi connectivity index (χ1n) is 11.0. The van der Waals surface area contributed by atoms with Gasteiger partial charge in [0.25, 0.3) is 0 Å². The van der Waals surface area contributed by atoms with Crippen molar-refractivity contribution in [1.82, 2.24) is 45.0 Å². The molecular formula is C25H20FN9. The highest BCUT2D eigenvalue weighted by Crippen LogP contribution is 2.34. The minimum atomic E-state index is -0.440. The number of H-pyrrole nitrogens is 2. The van der Waals surface area contributed by atoms with Crippen LogP contribution in [0.15, 0.2) is 61.4 Å². The van der Waals surface area contributed by atoms with Crippen LogP contribution in [-0.2, 0) is 6.54 Å². The molecule has 172 valence electrons. The van der Waals surface area contributed by atoms with Crippen LogP contribution in [0.5, 0.6) is 0 Å². The van der Waals surface area contributed by atoms with Gasteiger partial charge in [0.2, 0.25) is 0 Å². The highest BCUT2D eigenvalue weighted by Gasteiger charge is 2.21. The third kappa shape index (κ3) is 3.69. The Hall–Kier alpha value is -4.57. The van der Waals surface area contributed by atoms with Gasteiger partial charge in [0.15, 0.2) is 17.1 Å². The molecule has 0 fully saturated rings. The minimum absolute atomic E-state index is 0.255. The molecule has 0 radical (unpaired) electrons. The number of rotatable bonds is 5. The van der Waals surface area contributed by atoms with Gasteiger partial charge in [-0.3, -0.25) is 15.1 Å². The summed E-state index contributed by atoms with van der Waals surface area (Å²) >= 11 is 0. The average molecular weight is 465 g/mol. The van der Waals surface area contributed by atoms with Crippen LogP contribution in [0, 0.1) is 5.82 Å². The van der Waals surface area contributed by atoms with Gasteiger partial charge < -0.3 is 9.88 Å². The van der Waals surface area contributed by atoms with Crippen LogP contribution in [0.3, 0.4) is 0 Å². The highest BCUT2D eigenvalue weighted by atomic mass is 19.1. The molecular weight excluding hydrogens is 445 g/mol. The van der Waals surface area contributed by atoms with Gasteiger partial charge in [0.05, 0.1) is 5.39 Å². The van der Waals surface area contributed by atoms with Crippen LogP contribution in [0.2, 0.25) is 0 Å². The van der Waals surface area contributed by atoms with E-state index < -0.39 is 5.82 Å². The maximum absolute atomic E-state index is 15.9. The smallest absolute Gasteiger partial charge is 0.161 e. The van der Waals surface area contributed by atoms with Gasteiger partial charge in [-0.2, -0.15) is 5.10 Å². The summed E-state index contributed by atoms with van der Waals surface area (Å²) in [5.74, 6) is -0.0390. The number of aromatic amines is 2. The molecule has 0 saturated heterocycles. The number of pyridine rings is 4. The van der Waals surface area contributed by atoms with Crippen LogP contribution in [0.25, 0.3) is 56.0 Å². The summed E-state index contributed by atoms with van der Waals surface area (Å²) in [6.07, 6.45) is 10.1. The monoisotopic (exact) mass is 465 g/mol. The van der Waals surface area contributed by atoms with Crippen molar-refractivity contribution in [2.45, 2.75) is 6.54 Å². The molecule has 0 atom stereocenters. The van der Waals surface area contributed by atoms with E-state index in [2.05, 4.69) is 35.1 Å². The summed E-state index contributed by atoms with van der Waals surface area (Å²) in [7, 11) is 3.95. The Labute approximate surface area is 199 Å². The van der Waals surface area contributed by atoms with Crippen LogP contribution in [-0.4, -0.2) is 59.1 Å². The second kappa shape index (κ2) is 8.33. The molecule has 6 aromatic rings. The third-order valence-electron chi connectivity index (χ3n) is 5.73. The van der Waals surface area contributed by atoms with Gasteiger partial charge in [0, 0.05) is 60.4 Å². The fraction of sp³-hybridized carbons (Fsp3) is 0.120. The van der Waals surface area contributed by atoms with E-state index >= 15 is 4.39 Å². The number of aromatic nitrogens is 8. The van der Waals surface area contributed by atoms with Gasteiger partial charge in [-0.25, -0.2) is 19.3 Å². The Kier molecular flexibility index (Phi) is 5.00. The van der Waals surface area contributed by atoms with Gasteiger partial charge in [-0.15, -0.1) is 0 Å². The number of hydrogen-bond acceptors (Lipinski definition) is 7. The lowest BCUT2D eigenvalue weighted by Gasteiger charge is -2.11. The number of nitrogens with zero attached hydrogens (tertiary/aromatic N) is 7. The Morgan fingerprint density at radius 2 is 1.74 bits per heavy atom. The third-order valence-corrected chi connectivity index (χ3v) is 5.73. The van der Waals surface area contributed by atoms with E-state index in [9.17, 15) is 0 Å². The molecule has 9 nitrogen and oxygen atoms in total. The van der Waals surface area contributed by atoms with Crippen molar-refractivity contribution < 1.29 is 4.39 Å². The van der Waals surface area contributed by atoms with Crippen LogP contribution in [0.4, 0.5) is 4.39 Å². The fourth-order valence-corrected chi connectivity index (χ4v) is 4.20. The molecule has 6 rings (SSSR count). The summed E-state index contributed by atoms with van der Waals surface area (Å²) < 4.78 is 15.9. The van der Waals surface area contributed by atoms with Crippen molar-refractivity contribution in [3.8, 4) is 33.8 Å². The standard InChI is InChI=1S/C25H20FN9/c1-35(2)13-14-9-16(11-28-10-14)18-12-30-23-19(20(18)26)22(33-34-23)25-31-21-17(5-8-29-24(21)32-25)15-3-6-27-7-4-15/h3-12H,13H2,1-2H3,(H,29,31,32)(H,30,33,34). The lowest BCUT2D eigenvalue weighted by molar-refractivity contribution is 0.402. The molecule has 0 unspecified atom stereocenters. The average Bonchev–Trinajstić information content (AvgIpc) is 3.49. The minimum Gasteiger partial charge on any atom is -0.321 e. The largest absolute Gasteiger partial charge is 0.321 e. The fourth-order valence-electron chi connectivity index (χ4n) is 4.20. The van der Waals surface area contributed by atoms with E-state index in [1.807, 2.05) is 43.3 Å². The quantitative estimate of drug-likeness (QED) is 0.392. The Bertz CT molecular complexity index is 1670. The zero-order valence-corrected chi connectivity index (χ0v) is 19.0. The van der Waals surface area contributed by atoms with Crippen molar-refractivity contribution in [1.29, 1.82) is 0 Å². The number of nitrogens with one attached hydrogen (secondary N) is 2. The van der Waals surface area contributed by atoms with E-state index in [-0.39, 0.29) is 5.39 Å². The summed E-state index contributed by atoms with van der Waals surface area (Å²) in [5, 5.41) is 7.41. The number of halogens is 1. The predicted octanol–water partition coefficient (Wildman–Crippen LogP) is 4.22. The van der Waals surface area contributed by atoms with E-state index in [0.717, 1.165) is 16.7 Å². The predicted molar refractivity (Wildman–Crippen MR) is 131 cm³/mol. The number of hydrogen-bond donors (Lipinski definition) is 2. The summed E-state index contributed by atoms with van der Waals surface area (Å²) in [6.45, 7) is 0.695. The molecule has 2 N–H and O–H groups in total. The Morgan fingerprint density at radius 3 is 2.57 bits per heavy atom. The van der Waals surface area contributed by atoms with Crippen LogP contribution in [0.1, 0.15) is 5.56 Å². The first-order valence-corrected chi connectivity index (χ1v) is 11.0. The van der Waals surface area contributed by atoms with Gasteiger partial charge in [-0.05, 0) is 49.5 Å². The molecule has 35 heavy (non-hydrogen) atoms. The summed E-state index contributed by atoms with van der Waals surface area (Å²) in [6, 6.07) is 7.62. The normalized spacial score (nSPS) is 11.7. The van der Waals surface area contributed by atoms with Crippen LogP contribution >= 0.6 is 0 Å². The van der Waals surface area contributed by atoms with Gasteiger partial charge in [0.1, 0.15) is 17.0 Å². The second-order valence-corrected chi connectivity index (χ2v) is 8.48. The maximum Gasteiger partial charge on any atom is 0.161 e. The first-order chi connectivity index (χ1) is 17.1. The van der Waals surface area contributed by atoms with E-state index in [1.54, 1.807) is 31.0 Å². The summed E-state index contributed by atoms with van der Waals surface area (Å²) in [5.41, 5.74) is 5.73. The Balaban J connectivity index is 1.49. The lowest BCUT2D eigenvalue weighted by atomic mass is 10.1. The van der Waals surface area contributed by atoms with E-state index in [1.165, 1.54) is 6.20 Å². The van der Waals surface area contributed by atoms with Crippen molar-refractivity contribution in [2.24, 2.45) is 0 Å². The topological polar surface area (TPSA) is 112 Å². The molecule has 6 heterocycles. The summed E-state index contributed by atoms with van der Waals surface area (Å²) in [4.78, 5) is 27.1. The first kappa shape index (κ1) is 21.0. The lowest BCUT2D eigenvalue weighted by Crippen LogP contribution is -2.10. The SMILES string of the molecule is CN(C)Cc1cncc(-c2cnc3[nH]nc(-c4nc5c(-c6ccncc6)ccnc5[nH]4)c3c2F)c1. The number of fused-ring (bicyclic) bond motifs is 2. The van der Waals surface area contributed by atoms with Gasteiger partial charge in [-0.1, -0.05) is 0 Å². The second-order valence-electron chi connectivity index (χ2n) is 8.48. The van der Waals surface area contributed by atoms with Crippen molar-refractivity contribution >= 4 is 22.2 Å². The Morgan fingerprint density at radius 1 is 0.886 bits per heavy atom. The molecule has 0 saturated carbocycles. The van der Waals surface area contributed by atoms with Gasteiger partial charge >= 0.3 is 0 Å². The molecule has 0 spiro atoms. The molecule has 0 aromatic carbocycles. The molecule has 0 bridgehead atoms. The highest BCUT2D eigenvalue weighted by molar-refractivity contribution is 5.96. The van der Waals surface area contributed by atoms with Crippen molar-refractivity contribution in [3.63, 3.8) is 0 Å². The maximum atomic E-state index is 15.9. The van der Waals surface area contributed by atoms with Crippen molar-refractivity contribution in [2.75, 3.05) is 14.1 Å². The molecule has 6 aromatic heterocycles. The molecule has 0 aliphatic carbocycles. The molecule has 10 heteroatoms. The number of imidazole rings is 1.